The fourth-order valence-corrected chi connectivity index (χ4v) is 4.61. The molecule has 1 N–H and O–H groups in total. The van der Waals surface area contributed by atoms with Crippen LogP contribution in [-0.2, 0) is 14.4 Å². The number of nitrogens with zero attached hydrogens (tertiary/aromatic N) is 1. The highest BCUT2D eigenvalue weighted by atomic mass is 16.2. The number of fused-ring (bicyclic) bond motifs is 5. The van der Waals surface area contributed by atoms with Gasteiger partial charge in [0.15, 0.2) is 0 Å². The van der Waals surface area contributed by atoms with E-state index in [1.165, 1.54) is 4.90 Å². The zero-order chi connectivity index (χ0) is 16.0. The van der Waals surface area contributed by atoms with E-state index in [4.69, 9.17) is 0 Å². The Morgan fingerprint density at radius 2 is 1.70 bits per heavy atom. The standard InChI is InChI=1S/C18H22N2O3/c21-16(11-4-1-2-5-11)19-8-3-9-20-17(22)14-12-6-7-13(10-12)15(14)18(20)23/h1-2,6-7,11-15H,3-5,8-10H2,(H,19,21)/t12-,13-,14+,15+/m0/s1. The van der Waals surface area contributed by atoms with Crippen molar-refractivity contribution >= 4 is 17.7 Å². The predicted octanol–water partition coefficient (Wildman–Crippen LogP) is 1.27. The molecule has 0 radical (unpaired) electrons. The molecular weight excluding hydrogens is 292 g/mol. The van der Waals surface area contributed by atoms with Gasteiger partial charge in [0.25, 0.3) is 0 Å². The number of rotatable bonds is 5. The molecule has 23 heavy (non-hydrogen) atoms. The molecule has 0 aromatic heterocycles. The molecule has 3 amide bonds. The van der Waals surface area contributed by atoms with Gasteiger partial charge in [0.05, 0.1) is 11.8 Å². The van der Waals surface area contributed by atoms with Gasteiger partial charge >= 0.3 is 0 Å². The maximum absolute atomic E-state index is 12.5. The minimum absolute atomic E-state index is 0.00293. The SMILES string of the molecule is O=C(NCCCN1C(=O)[C@H]2[C@H](C1=O)[C@H]1C=C[C@H]2C1)C1CC=CC1. The van der Waals surface area contributed by atoms with E-state index in [9.17, 15) is 14.4 Å². The first kappa shape index (κ1) is 14.7. The van der Waals surface area contributed by atoms with Gasteiger partial charge in [-0.05, 0) is 37.5 Å². The summed E-state index contributed by atoms with van der Waals surface area (Å²) in [7, 11) is 0. The van der Waals surface area contributed by atoms with Gasteiger partial charge in [0.2, 0.25) is 17.7 Å². The molecule has 2 bridgehead atoms. The number of carbonyl (C=O) groups excluding carboxylic acids is 3. The Balaban J connectivity index is 1.26. The number of allylic oxidation sites excluding steroid dienone is 4. The molecule has 0 spiro atoms. The van der Waals surface area contributed by atoms with Crippen LogP contribution in [0.5, 0.6) is 0 Å². The fraction of sp³-hybridized carbons (Fsp3) is 0.611. The van der Waals surface area contributed by atoms with E-state index < -0.39 is 0 Å². The lowest BCUT2D eigenvalue weighted by atomic mass is 9.85. The second-order valence-electron chi connectivity index (χ2n) is 7.11. The summed E-state index contributed by atoms with van der Waals surface area (Å²) < 4.78 is 0. The average Bonchev–Trinajstić information content (AvgIpc) is 3.30. The largest absolute Gasteiger partial charge is 0.356 e. The summed E-state index contributed by atoms with van der Waals surface area (Å²) in [6.07, 6.45) is 11.5. The predicted molar refractivity (Wildman–Crippen MR) is 83.9 cm³/mol. The summed E-state index contributed by atoms with van der Waals surface area (Å²) >= 11 is 0. The summed E-state index contributed by atoms with van der Waals surface area (Å²) in [6, 6.07) is 0. The van der Waals surface area contributed by atoms with E-state index >= 15 is 0 Å². The summed E-state index contributed by atoms with van der Waals surface area (Å²) in [5, 5.41) is 2.92. The normalized spacial score (nSPS) is 34.7. The minimum Gasteiger partial charge on any atom is -0.356 e. The second kappa shape index (κ2) is 5.62. The summed E-state index contributed by atoms with van der Waals surface area (Å²) in [5.74, 6) is 0.445. The molecule has 0 unspecified atom stereocenters. The Kier molecular flexibility index (Phi) is 3.58. The average molecular weight is 314 g/mol. The smallest absolute Gasteiger partial charge is 0.233 e. The Bertz CT molecular complexity index is 571. The zero-order valence-electron chi connectivity index (χ0n) is 13.1. The minimum atomic E-state index is -0.114. The van der Waals surface area contributed by atoms with E-state index in [1.807, 2.05) is 12.2 Å². The van der Waals surface area contributed by atoms with Gasteiger partial charge in [-0.25, -0.2) is 0 Å². The topological polar surface area (TPSA) is 66.5 Å². The zero-order valence-corrected chi connectivity index (χ0v) is 13.1. The van der Waals surface area contributed by atoms with Crippen molar-refractivity contribution in [1.29, 1.82) is 0 Å². The van der Waals surface area contributed by atoms with Gasteiger partial charge in [0.1, 0.15) is 0 Å². The third kappa shape index (κ3) is 2.33. The number of hydrogen-bond donors (Lipinski definition) is 1. The monoisotopic (exact) mass is 314 g/mol. The molecule has 1 saturated heterocycles. The van der Waals surface area contributed by atoms with E-state index in [-0.39, 0.29) is 47.3 Å². The molecule has 1 saturated carbocycles. The van der Waals surface area contributed by atoms with Gasteiger partial charge in [-0.3, -0.25) is 19.3 Å². The van der Waals surface area contributed by atoms with Crippen LogP contribution in [0.1, 0.15) is 25.7 Å². The molecule has 5 nitrogen and oxygen atoms in total. The van der Waals surface area contributed by atoms with E-state index in [1.54, 1.807) is 0 Å². The third-order valence-electron chi connectivity index (χ3n) is 5.80. The van der Waals surface area contributed by atoms with Gasteiger partial charge < -0.3 is 5.32 Å². The lowest BCUT2D eigenvalue weighted by molar-refractivity contribution is -0.140. The molecule has 4 aliphatic rings. The number of nitrogens with one attached hydrogen (secondary N) is 1. The van der Waals surface area contributed by atoms with Crippen molar-refractivity contribution in [3.63, 3.8) is 0 Å². The van der Waals surface area contributed by atoms with Crippen molar-refractivity contribution in [3.8, 4) is 0 Å². The van der Waals surface area contributed by atoms with Crippen molar-refractivity contribution in [1.82, 2.24) is 10.2 Å². The summed E-state index contributed by atoms with van der Waals surface area (Å²) in [5.41, 5.74) is 0. The number of amides is 3. The van der Waals surface area contributed by atoms with Crippen molar-refractivity contribution in [2.24, 2.45) is 29.6 Å². The molecule has 1 aliphatic heterocycles. The number of carbonyl (C=O) groups is 3. The lowest BCUT2D eigenvalue weighted by Gasteiger charge is -2.17. The van der Waals surface area contributed by atoms with Gasteiger partial charge in [-0.15, -0.1) is 0 Å². The van der Waals surface area contributed by atoms with Crippen LogP contribution >= 0.6 is 0 Å². The fourth-order valence-electron chi connectivity index (χ4n) is 4.61. The Morgan fingerprint density at radius 3 is 2.30 bits per heavy atom. The Morgan fingerprint density at radius 1 is 1.09 bits per heavy atom. The Hall–Kier alpha value is -1.91. The lowest BCUT2D eigenvalue weighted by Crippen LogP contribution is -2.36. The number of imide groups is 1. The van der Waals surface area contributed by atoms with Crippen LogP contribution in [0.2, 0.25) is 0 Å². The molecule has 4 rings (SSSR count). The highest BCUT2D eigenvalue weighted by Crippen LogP contribution is 2.52. The Labute approximate surface area is 135 Å². The van der Waals surface area contributed by atoms with Crippen molar-refractivity contribution < 1.29 is 14.4 Å². The first-order valence-electron chi connectivity index (χ1n) is 8.63. The van der Waals surface area contributed by atoms with Crippen molar-refractivity contribution in [2.45, 2.75) is 25.7 Å². The van der Waals surface area contributed by atoms with Crippen LogP contribution in [0, 0.1) is 29.6 Å². The molecular formula is C18H22N2O3. The highest BCUT2D eigenvalue weighted by molar-refractivity contribution is 6.06. The molecule has 1 heterocycles. The maximum atomic E-state index is 12.5. The van der Waals surface area contributed by atoms with Crippen LogP contribution in [0.15, 0.2) is 24.3 Å². The van der Waals surface area contributed by atoms with Crippen LogP contribution in [0.3, 0.4) is 0 Å². The quantitative estimate of drug-likeness (QED) is 0.472. The molecule has 4 atom stereocenters. The molecule has 2 fully saturated rings. The van der Waals surface area contributed by atoms with E-state index in [0.29, 0.717) is 19.5 Å². The van der Waals surface area contributed by atoms with Crippen molar-refractivity contribution in [3.05, 3.63) is 24.3 Å². The molecule has 0 aromatic rings. The molecule has 0 aromatic carbocycles. The third-order valence-corrected chi connectivity index (χ3v) is 5.80. The first-order chi connectivity index (χ1) is 11.2. The van der Waals surface area contributed by atoms with Crippen LogP contribution in [0.4, 0.5) is 0 Å². The van der Waals surface area contributed by atoms with Crippen molar-refractivity contribution in [2.75, 3.05) is 13.1 Å². The van der Waals surface area contributed by atoms with Gasteiger partial charge in [0, 0.05) is 19.0 Å². The van der Waals surface area contributed by atoms with Gasteiger partial charge in [-0.2, -0.15) is 0 Å². The summed E-state index contributed by atoms with van der Waals surface area (Å²) in [4.78, 5) is 38.4. The number of hydrogen-bond acceptors (Lipinski definition) is 3. The first-order valence-corrected chi connectivity index (χ1v) is 8.63. The number of likely N-dealkylation sites (tertiary alicyclic amines) is 1. The van der Waals surface area contributed by atoms with Crippen LogP contribution < -0.4 is 5.32 Å². The van der Waals surface area contributed by atoms with Crippen LogP contribution in [0.25, 0.3) is 0 Å². The maximum Gasteiger partial charge on any atom is 0.233 e. The molecule has 5 heteroatoms. The summed E-state index contributed by atoms with van der Waals surface area (Å²) in [6.45, 7) is 0.945. The van der Waals surface area contributed by atoms with Crippen LogP contribution in [-0.4, -0.2) is 35.7 Å². The van der Waals surface area contributed by atoms with E-state index in [0.717, 1.165) is 19.3 Å². The van der Waals surface area contributed by atoms with E-state index in [2.05, 4.69) is 17.5 Å². The molecule has 3 aliphatic carbocycles. The van der Waals surface area contributed by atoms with Gasteiger partial charge in [-0.1, -0.05) is 24.3 Å². The second-order valence-corrected chi connectivity index (χ2v) is 7.11. The highest BCUT2D eigenvalue weighted by Gasteiger charge is 2.58. The molecule has 122 valence electrons.